The minimum Gasteiger partial charge on any atom is -0.207 e. The molecule has 0 radical (unpaired) electrons. The molecule has 1 fully saturated rings. The van der Waals surface area contributed by atoms with Crippen LogP contribution in [0.5, 0.6) is 0 Å². The number of rotatable bonds is 3. The lowest BCUT2D eigenvalue weighted by atomic mass is 9.94. The van der Waals surface area contributed by atoms with Gasteiger partial charge in [-0.1, -0.05) is 72.8 Å². The van der Waals surface area contributed by atoms with Crippen molar-refractivity contribution >= 4 is 31.6 Å². The molecule has 0 saturated carbocycles. The lowest BCUT2D eigenvalue weighted by Gasteiger charge is -2.27. The maximum absolute atomic E-state index is 14.0. The van der Waals surface area contributed by atoms with E-state index in [2.05, 4.69) is 18.2 Å². The summed E-state index contributed by atoms with van der Waals surface area (Å²) in [5, 5.41) is 4.18. The minimum absolute atomic E-state index is 0.0110. The van der Waals surface area contributed by atoms with Crippen LogP contribution in [0.25, 0.3) is 32.7 Å². The van der Waals surface area contributed by atoms with Crippen molar-refractivity contribution in [2.24, 2.45) is 0 Å². The Balaban J connectivity index is 1.87. The van der Waals surface area contributed by atoms with Crippen LogP contribution in [0.1, 0.15) is 26.7 Å². The Morgan fingerprint density at radius 1 is 0.700 bits per heavy atom. The van der Waals surface area contributed by atoms with Gasteiger partial charge in [0.25, 0.3) is 0 Å². The van der Waals surface area contributed by atoms with E-state index in [1.54, 1.807) is 10.4 Å². The second kappa shape index (κ2) is 7.22. The molecule has 0 aromatic heterocycles. The van der Waals surface area contributed by atoms with Gasteiger partial charge in [0.15, 0.2) is 0 Å². The van der Waals surface area contributed by atoms with Gasteiger partial charge in [0.2, 0.25) is 10.0 Å². The largest absolute Gasteiger partial charge is 0.244 e. The molecule has 3 nitrogen and oxygen atoms in total. The Hall–Kier alpha value is -2.69. The van der Waals surface area contributed by atoms with E-state index in [4.69, 9.17) is 0 Å². The maximum atomic E-state index is 14.0. The third-order valence-corrected chi connectivity index (χ3v) is 8.55. The van der Waals surface area contributed by atoms with Gasteiger partial charge in [-0.15, -0.1) is 0 Å². The zero-order valence-electron chi connectivity index (χ0n) is 17.2. The second-order valence-electron chi connectivity index (χ2n) is 8.30. The minimum atomic E-state index is -3.64. The molecule has 2 atom stereocenters. The zero-order valence-corrected chi connectivity index (χ0v) is 18.1. The highest BCUT2D eigenvalue weighted by Crippen LogP contribution is 2.41. The van der Waals surface area contributed by atoms with E-state index in [1.807, 2.05) is 68.4 Å². The number of sulfonamides is 1. The van der Waals surface area contributed by atoms with Crippen molar-refractivity contribution in [1.29, 1.82) is 0 Å². The molecule has 0 amide bonds. The van der Waals surface area contributed by atoms with Crippen LogP contribution in [0, 0.1) is 0 Å². The first-order chi connectivity index (χ1) is 14.5. The van der Waals surface area contributed by atoms with Gasteiger partial charge in [0.05, 0.1) is 4.90 Å². The van der Waals surface area contributed by atoms with E-state index in [1.165, 1.54) is 0 Å². The Bertz CT molecular complexity index is 1340. The first kappa shape index (κ1) is 19.3. The van der Waals surface area contributed by atoms with Crippen molar-refractivity contribution in [1.82, 2.24) is 4.31 Å². The molecule has 0 bridgehead atoms. The van der Waals surface area contributed by atoms with E-state index >= 15 is 0 Å². The third-order valence-electron chi connectivity index (χ3n) is 6.38. The van der Waals surface area contributed by atoms with Gasteiger partial charge in [-0.25, -0.2) is 8.42 Å². The van der Waals surface area contributed by atoms with Crippen molar-refractivity contribution in [2.45, 2.75) is 43.7 Å². The van der Waals surface area contributed by atoms with Crippen LogP contribution < -0.4 is 0 Å². The molecule has 1 aliphatic heterocycles. The molecule has 152 valence electrons. The standard InChI is InChI=1S/C26H25NO2S/c1-18-14-15-19(2)27(18)30(28,29)25-17-16-21-9-4-6-12-23(21)26(25)24-13-7-10-20-8-3-5-11-22(20)24/h3-13,16-19H,14-15H2,1-2H3/t18-,19-/m1/s1. The summed E-state index contributed by atoms with van der Waals surface area (Å²) in [6.45, 7) is 4.03. The molecule has 30 heavy (non-hydrogen) atoms. The highest BCUT2D eigenvalue weighted by molar-refractivity contribution is 7.89. The van der Waals surface area contributed by atoms with E-state index < -0.39 is 10.0 Å². The van der Waals surface area contributed by atoms with Crippen molar-refractivity contribution in [3.63, 3.8) is 0 Å². The SMILES string of the molecule is C[C@@H]1CC[C@@H](C)N1S(=O)(=O)c1ccc2ccccc2c1-c1cccc2ccccc12. The number of hydrogen-bond acceptors (Lipinski definition) is 2. The predicted molar refractivity (Wildman–Crippen MR) is 124 cm³/mol. The smallest absolute Gasteiger partial charge is 0.207 e. The Labute approximate surface area is 178 Å². The van der Waals surface area contributed by atoms with Crippen LogP contribution in [-0.2, 0) is 10.0 Å². The molecule has 5 rings (SSSR count). The Kier molecular flexibility index (Phi) is 4.64. The summed E-state index contributed by atoms with van der Waals surface area (Å²) in [6.07, 6.45) is 1.80. The van der Waals surface area contributed by atoms with Gasteiger partial charge in [0, 0.05) is 17.6 Å². The lowest BCUT2D eigenvalue weighted by Crippen LogP contribution is -2.38. The molecular formula is C26H25NO2S. The van der Waals surface area contributed by atoms with Gasteiger partial charge in [-0.05, 0) is 59.9 Å². The van der Waals surface area contributed by atoms with Gasteiger partial charge < -0.3 is 0 Å². The Morgan fingerprint density at radius 3 is 1.97 bits per heavy atom. The van der Waals surface area contributed by atoms with Crippen LogP contribution >= 0.6 is 0 Å². The fourth-order valence-electron chi connectivity index (χ4n) is 4.95. The van der Waals surface area contributed by atoms with Crippen molar-refractivity contribution in [2.75, 3.05) is 0 Å². The number of benzene rings is 4. The predicted octanol–water partition coefficient (Wildman–Crippen LogP) is 6.22. The van der Waals surface area contributed by atoms with E-state index in [9.17, 15) is 8.42 Å². The first-order valence-corrected chi connectivity index (χ1v) is 12.0. The fourth-order valence-corrected chi connectivity index (χ4v) is 7.05. The van der Waals surface area contributed by atoms with Crippen LogP contribution in [-0.4, -0.2) is 24.8 Å². The van der Waals surface area contributed by atoms with E-state index in [-0.39, 0.29) is 12.1 Å². The zero-order chi connectivity index (χ0) is 20.9. The molecule has 1 heterocycles. The number of hydrogen-bond donors (Lipinski definition) is 0. The normalized spacial score (nSPS) is 20.2. The van der Waals surface area contributed by atoms with Crippen molar-refractivity contribution in [3.8, 4) is 11.1 Å². The summed E-state index contributed by atoms with van der Waals surface area (Å²) in [4.78, 5) is 0.401. The summed E-state index contributed by atoms with van der Waals surface area (Å²) in [5.41, 5.74) is 1.76. The molecule has 0 N–H and O–H groups in total. The third kappa shape index (κ3) is 2.94. The summed E-state index contributed by atoms with van der Waals surface area (Å²) >= 11 is 0. The summed E-state index contributed by atoms with van der Waals surface area (Å²) in [5.74, 6) is 0. The fraction of sp³-hybridized carbons (Fsp3) is 0.231. The second-order valence-corrected chi connectivity index (χ2v) is 10.1. The van der Waals surface area contributed by atoms with Crippen LogP contribution in [0.4, 0.5) is 0 Å². The molecule has 1 saturated heterocycles. The summed E-state index contributed by atoms with van der Waals surface area (Å²) in [6, 6.07) is 26.1. The Morgan fingerprint density at radius 2 is 1.27 bits per heavy atom. The maximum Gasteiger partial charge on any atom is 0.244 e. The molecule has 1 aliphatic rings. The highest BCUT2D eigenvalue weighted by atomic mass is 32.2. The van der Waals surface area contributed by atoms with Gasteiger partial charge in [-0.2, -0.15) is 4.31 Å². The molecule has 0 aliphatic carbocycles. The number of nitrogens with zero attached hydrogens (tertiary/aromatic N) is 1. The lowest BCUT2D eigenvalue weighted by molar-refractivity contribution is 0.350. The van der Waals surface area contributed by atoms with Crippen LogP contribution in [0.2, 0.25) is 0 Å². The highest BCUT2D eigenvalue weighted by Gasteiger charge is 2.39. The number of fused-ring (bicyclic) bond motifs is 2. The first-order valence-electron chi connectivity index (χ1n) is 10.5. The molecule has 4 aromatic rings. The summed E-state index contributed by atoms with van der Waals surface area (Å²) < 4.78 is 29.6. The molecule has 0 spiro atoms. The molecule has 4 heteroatoms. The van der Waals surface area contributed by atoms with Crippen LogP contribution in [0.3, 0.4) is 0 Å². The topological polar surface area (TPSA) is 37.4 Å². The van der Waals surface area contributed by atoms with Crippen LogP contribution in [0.15, 0.2) is 83.8 Å². The average Bonchev–Trinajstić information content (AvgIpc) is 3.11. The monoisotopic (exact) mass is 415 g/mol. The summed E-state index contributed by atoms with van der Waals surface area (Å²) in [7, 11) is -3.64. The average molecular weight is 416 g/mol. The van der Waals surface area contributed by atoms with E-state index in [0.29, 0.717) is 4.90 Å². The van der Waals surface area contributed by atoms with Gasteiger partial charge in [0.1, 0.15) is 0 Å². The van der Waals surface area contributed by atoms with Gasteiger partial charge in [-0.3, -0.25) is 0 Å². The quantitative estimate of drug-likeness (QED) is 0.398. The van der Waals surface area contributed by atoms with E-state index in [0.717, 1.165) is 45.5 Å². The molecule has 0 unspecified atom stereocenters. The molecular weight excluding hydrogens is 390 g/mol. The van der Waals surface area contributed by atoms with Gasteiger partial charge >= 0.3 is 0 Å². The van der Waals surface area contributed by atoms with Crippen molar-refractivity contribution < 1.29 is 8.42 Å². The van der Waals surface area contributed by atoms with Crippen molar-refractivity contribution in [3.05, 3.63) is 78.9 Å². The molecule has 4 aromatic carbocycles.